The highest BCUT2D eigenvalue weighted by molar-refractivity contribution is 5.69. The van der Waals surface area contributed by atoms with Crippen molar-refractivity contribution in [3.63, 3.8) is 0 Å². The first-order chi connectivity index (χ1) is 5.18. The second-order valence-electron chi connectivity index (χ2n) is 2.43. The summed E-state index contributed by atoms with van der Waals surface area (Å²) in [5.41, 5.74) is 0.845. The molecule has 0 saturated heterocycles. The minimum absolute atomic E-state index is 0.0450. The molecule has 11 heavy (non-hydrogen) atoms. The largest absolute Gasteiger partial charge is 0.480 e. The van der Waals surface area contributed by atoms with Gasteiger partial charge in [0, 0.05) is 12.7 Å². The minimum Gasteiger partial charge on any atom is -0.480 e. The number of carboxylic acid groups (broad SMARTS) is 1. The minimum atomic E-state index is -0.815. The van der Waals surface area contributed by atoms with E-state index in [0.717, 1.165) is 5.57 Å². The average molecular weight is 152 g/mol. The molecule has 1 radical (unpaired) electrons. The van der Waals surface area contributed by atoms with Crippen LogP contribution in [0.5, 0.6) is 0 Å². The van der Waals surface area contributed by atoms with E-state index < -0.39 is 5.97 Å². The smallest absolute Gasteiger partial charge is 0.323 e. The summed E-state index contributed by atoms with van der Waals surface area (Å²) in [7, 11) is 0. The number of carboxylic acids is 1. The van der Waals surface area contributed by atoms with E-state index in [1.165, 1.54) is 0 Å². The van der Waals surface area contributed by atoms with Gasteiger partial charge >= 0.3 is 5.97 Å². The lowest BCUT2D eigenvalue weighted by molar-refractivity contribution is -0.137. The Morgan fingerprint density at radius 2 is 2.55 bits per heavy atom. The molecule has 0 saturated carbocycles. The van der Waals surface area contributed by atoms with Crippen LogP contribution in [0, 0.1) is 6.92 Å². The zero-order valence-electron chi connectivity index (χ0n) is 6.16. The van der Waals surface area contributed by atoms with Crippen LogP contribution in [0.3, 0.4) is 0 Å². The summed E-state index contributed by atoms with van der Waals surface area (Å²) < 4.78 is 0. The third kappa shape index (κ3) is 2.45. The molecule has 0 unspecified atom stereocenters. The van der Waals surface area contributed by atoms with Crippen molar-refractivity contribution in [3.05, 3.63) is 30.8 Å². The van der Waals surface area contributed by atoms with Crippen LogP contribution in [0.4, 0.5) is 0 Å². The molecule has 0 bridgehead atoms. The Labute approximate surface area is 65.6 Å². The second-order valence-corrected chi connectivity index (χ2v) is 2.43. The lowest BCUT2D eigenvalue weighted by atomic mass is 10.2. The van der Waals surface area contributed by atoms with Gasteiger partial charge in [-0.1, -0.05) is 12.2 Å². The van der Waals surface area contributed by atoms with Crippen molar-refractivity contribution in [2.75, 3.05) is 13.1 Å². The third-order valence-corrected chi connectivity index (χ3v) is 1.36. The highest BCUT2D eigenvalue weighted by Crippen LogP contribution is 2.04. The van der Waals surface area contributed by atoms with Crippen molar-refractivity contribution < 1.29 is 9.90 Å². The molecule has 0 aliphatic carbocycles. The van der Waals surface area contributed by atoms with Crippen LogP contribution in [0.15, 0.2) is 23.9 Å². The Bertz CT molecular complexity index is 218. The summed E-state index contributed by atoms with van der Waals surface area (Å²) in [6, 6.07) is 0. The molecule has 1 N–H and O–H groups in total. The van der Waals surface area contributed by atoms with Gasteiger partial charge in [-0.25, -0.2) is 0 Å². The van der Waals surface area contributed by atoms with Gasteiger partial charge in [0.15, 0.2) is 0 Å². The van der Waals surface area contributed by atoms with E-state index >= 15 is 0 Å². The highest BCUT2D eigenvalue weighted by Gasteiger charge is 2.05. The number of carbonyl (C=O) groups is 1. The lowest BCUT2D eigenvalue weighted by Crippen LogP contribution is -2.26. The number of rotatable bonds is 2. The van der Waals surface area contributed by atoms with E-state index in [1.54, 1.807) is 11.1 Å². The molecule has 1 aliphatic heterocycles. The topological polar surface area (TPSA) is 40.5 Å². The van der Waals surface area contributed by atoms with Crippen molar-refractivity contribution in [1.82, 2.24) is 4.90 Å². The molecule has 1 heterocycles. The van der Waals surface area contributed by atoms with Crippen molar-refractivity contribution in [3.8, 4) is 0 Å². The van der Waals surface area contributed by atoms with Gasteiger partial charge in [0.05, 0.1) is 0 Å². The summed E-state index contributed by atoms with van der Waals surface area (Å²) in [4.78, 5) is 12.0. The van der Waals surface area contributed by atoms with Crippen molar-refractivity contribution in [2.45, 2.75) is 0 Å². The first kappa shape index (κ1) is 7.85. The van der Waals surface area contributed by atoms with Gasteiger partial charge in [0.25, 0.3) is 0 Å². The van der Waals surface area contributed by atoms with E-state index in [4.69, 9.17) is 5.11 Å². The summed E-state index contributed by atoms with van der Waals surface area (Å²) in [6.07, 6.45) is 5.51. The first-order valence-corrected chi connectivity index (χ1v) is 3.34. The predicted molar refractivity (Wildman–Crippen MR) is 41.8 cm³/mol. The Morgan fingerprint density at radius 3 is 3.09 bits per heavy atom. The molecule has 0 spiro atoms. The van der Waals surface area contributed by atoms with Crippen LogP contribution in [0.25, 0.3) is 0 Å². The van der Waals surface area contributed by atoms with E-state index in [1.807, 2.05) is 12.2 Å². The maximum absolute atomic E-state index is 10.3. The number of hydrogen-bond acceptors (Lipinski definition) is 2. The standard InChI is InChI=1S/C8H10NO2/c1-7-3-2-4-9(5-7)6-8(10)11/h2-3,5H,1,4,6H2,(H,10,11). The van der Waals surface area contributed by atoms with Gasteiger partial charge in [-0.15, -0.1) is 0 Å². The molecule has 0 fully saturated rings. The Balaban J connectivity index is 2.50. The summed E-state index contributed by atoms with van der Waals surface area (Å²) in [6.45, 7) is 4.40. The van der Waals surface area contributed by atoms with Crippen LogP contribution in [0.1, 0.15) is 0 Å². The van der Waals surface area contributed by atoms with Crippen molar-refractivity contribution in [2.24, 2.45) is 0 Å². The number of aliphatic carboxylic acids is 1. The zero-order valence-corrected chi connectivity index (χ0v) is 6.16. The lowest BCUT2D eigenvalue weighted by Gasteiger charge is -2.19. The molecule has 0 amide bonds. The predicted octanol–water partition coefficient (Wildman–Crippen LogP) is 0.661. The molecule has 3 nitrogen and oxygen atoms in total. The number of hydrogen-bond donors (Lipinski definition) is 1. The van der Waals surface area contributed by atoms with Gasteiger partial charge in [0.2, 0.25) is 0 Å². The summed E-state index contributed by atoms with van der Waals surface area (Å²) in [5, 5.41) is 8.44. The first-order valence-electron chi connectivity index (χ1n) is 3.34. The molecule has 0 aromatic carbocycles. The van der Waals surface area contributed by atoms with Crippen molar-refractivity contribution >= 4 is 5.97 Å². The second kappa shape index (κ2) is 3.23. The average Bonchev–Trinajstić information content (AvgIpc) is 1.85. The van der Waals surface area contributed by atoms with Crippen LogP contribution in [0.2, 0.25) is 0 Å². The molecule has 3 heteroatoms. The Hall–Kier alpha value is -1.25. The van der Waals surface area contributed by atoms with Gasteiger partial charge < -0.3 is 10.0 Å². The molecule has 0 aromatic heterocycles. The fourth-order valence-corrected chi connectivity index (χ4v) is 0.954. The molecular weight excluding hydrogens is 142 g/mol. The van der Waals surface area contributed by atoms with Crippen LogP contribution >= 0.6 is 0 Å². The van der Waals surface area contributed by atoms with Crippen LogP contribution < -0.4 is 0 Å². The van der Waals surface area contributed by atoms with Gasteiger partial charge in [0.1, 0.15) is 6.54 Å². The number of nitrogens with zero attached hydrogens (tertiary/aromatic N) is 1. The molecule has 1 aliphatic rings. The quantitative estimate of drug-likeness (QED) is 0.632. The monoisotopic (exact) mass is 152 g/mol. The highest BCUT2D eigenvalue weighted by atomic mass is 16.4. The maximum Gasteiger partial charge on any atom is 0.323 e. The number of allylic oxidation sites excluding steroid dienone is 2. The fraction of sp³-hybridized carbons (Fsp3) is 0.250. The van der Waals surface area contributed by atoms with Crippen LogP contribution in [-0.2, 0) is 4.79 Å². The fourth-order valence-electron chi connectivity index (χ4n) is 0.954. The molecular formula is C8H10NO2. The van der Waals surface area contributed by atoms with Crippen molar-refractivity contribution in [1.29, 1.82) is 0 Å². The summed E-state index contributed by atoms with van der Waals surface area (Å²) >= 11 is 0. The Morgan fingerprint density at radius 1 is 1.82 bits per heavy atom. The van der Waals surface area contributed by atoms with Crippen LogP contribution in [-0.4, -0.2) is 29.1 Å². The van der Waals surface area contributed by atoms with E-state index in [-0.39, 0.29) is 6.54 Å². The SMILES string of the molecule is [CH2]C1=CN(CC(=O)O)CC=C1. The summed E-state index contributed by atoms with van der Waals surface area (Å²) in [5.74, 6) is -0.815. The molecule has 59 valence electrons. The zero-order chi connectivity index (χ0) is 8.27. The van der Waals surface area contributed by atoms with E-state index in [0.29, 0.717) is 6.54 Å². The van der Waals surface area contributed by atoms with E-state index in [2.05, 4.69) is 6.92 Å². The Kier molecular flexibility index (Phi) is 2.31. The molecule has 0 atom stereocenters. The third-order valence-electron chi connectivity index (χ3n) is 1.36. The van der Waals surface area contributed by atoms with E-state index in [9.17, 15) is 4.79 Å². The molecule has 1 rings (SSSR count). The molecule has 0 aromatic rings. The van der Waals surface area contributed by atoms with Gasteiger partial charge in [-0.05, 0) is 12.5 Å². The maximum atomic E-state index is 10.3. The van der Waals surface area contributed by atoms with Gasteiger partial charge in [-0.2, -0.15) is 0 Å². The normalized spacial score (nSPS) is 16.5. The van der Waals surface area contributed by atoms with Gasteiger partial charge in [-0.3, -0.25) is 4.79 Å².